The molecule has 12 heteroatoms. The highest BCUT2D eigenvalue weighted by Gasteiger charge is 2.60. The minimum Gasteiger partial charge on any atom is -0.503 e. The molecule has 2 fully saturated rings. The van der Waals surface area contributed by atoms with Gasteiger partial charge in [-0.25, -0.2) is 4.79 Å². The number of likely N-dealkylation sites (N-methyl/N-ethyl adjacent to an activating group) is 1. The minimum absolute atomic E-state index is 0.0359. The lowest BCUT2D eigenvalue weighted by molar-refractivity contribution is -0.163. The summed E-state index contributed by atoms with van der Waals surface area (Å²) >= 11 is 1.37. The maximum absolute atomic E-state index is 12.9. The van der Waals surface area contributed by atoms with Crippen LogP contribution in [-0.4, -0.2) is 96.9 Å². The van der Waals surface area contributed by atoms with Crippen molar-refractivity contribution in [2.45, 2.75) is 50.3 Å². The molecule has 3 aliphatic heterocycles. The van der Waals surface area contributed by atoms with E-state index in [1.165, 1.54) is 40.7 Å². The second-order valence-corrected chi connectivity index (χ2v) is 11.0. The highest BCUT2D eigenvalue weighted by molar-refractivity contribution is 8.03. The van der Waals surface area contributed by atoms with E-state index in [-0.39, 0.29) is 41.0 Å². The molecule has 0 radical (unpaired) electrons. The van der Waals surface area contributed by atoms with Gasteiger partial charge in [0, 0.05) is 61.2 Å². The molecule has 4 heterocycles. The fraction of sp³-hybridized carbons (Fsp3) is 0.565. The van der Waals surface area contributed by atoms with Crippen molar-refractivity contribution in [2.75, 3.05) is 20.6 Å². The fourth-order valence-corrected chi connectivity index (χ4v) is 6.91. The number of amides is 2. The van der Waals surface area contributed by atoms with Crippen LogP contribution in [0.3, 0.4) is 0 Å². The molecule has 2 amide bonds. The van der Waals surface area contributed by atoms with Crippen molar-refractivity contribution in [3.8, 4) is 5.75 Å². The molecule has 0 spiro atoms. The highest BCUT2D eigenvalue weighted by atomic mass is 32.2. The van der Waals surface area contributed by atoms with Crippen LogP contribution in [-0.2, 0) is 20.9 Å². The number of aliphatic hydroxyl groups excluding tert-OH is 1. The fourth-order valence-electron chi connectivity index (χ4n) is 5.35. The zero-order valence-electron chi connectivity index (χ0n) is 20.0. The Labute approximate surface area is 206 Å². The quantitative estimate of drug-likeness (QED) is 0.374. The summed E-state index contributed by atoms with van der Waals surface area (Å²) < 4.78 is 0. The third-order valence-electron chi connectivity index (χ3n) is 7.02. The van der Waals surface area contributed by atoms with E-state index in [2.05, 4.69) is 4.98 Å². The van der Waals surface area contributed by atoms with Gasteiger partial charge in [0.05, 0.1) is 24.1 Å². The summed E-state index contributed by atoms with van der Waals surface area (Å²) in [6.45, 7) is 4.14. The molecule has 4 N–H and O–H groups in total. The standard InChI is InChI=1S/C23H30N4O7S/c1-10-18-17(11(2)28)22(32)27(18)19(23(33)34)20(10)35-13-6-14(21(31)25(3)4)26(9-13)8-12-5-15(29)16(30)7-24-12/h5,7,10-11,13-14,17-18,28,30H,6,8-9H2,1-4H3,(H,24,29)(H,33,34)/t10-,11-,13+,14+,17-,18-/m1/s1. The van der Waals surface area contributed by atoms with E-state index in [0.29, 0.717) is 23.6 Å². The number of pyridine rings is 1. The number of β-lactam (4-membered cyclic amide) rings is 1. The number of nitrogens with one attached hydrogen (secondary N) is 1. The number of aliphatic hydroxyl groups is 1. The number of carbonyl (C=O) groups excluding carboxylic acids is 2. The van der Waals surface area contributed by atoms with E-state index in [4.69, 9.17) is 0 Å². The number of likely N-dealkylation sites (tertiary alicyclic amines) is 1. The number of hydrogen-bond acceptors (Lipinski definition) is 8. The van der Waals surface area contributed by atoms with Crippen molar-refractivity contribution < 1.29 is 29.7 Å². The van der Waals surface area contributed by atoms with E-state index < -0.39 is 35.5 Å². The lowest BCUT2D eigenvalue weighted by atomic mass is 9.79. The lowest BCUT2D eigenvalue weighted by Gasteiger charge is -2.46. The average Bonchev–Trinajstić information content (AvgIpc) is 3.27. The number of carboxylic acid groups (broad SMARTS) is 1. The van der Waals surface area contributed by atoms with Crippen LogP contribution in [0.2, 0.25) is 0 Å². The monoisotopic (exact) mass is 506 g/mol. The zero-order valence-corrected chi connectivity index (χ0v) is 20.8. The number of aromatic nitrogens is 1. The summed E-state index contributed by atoms with van der Waals surface area (Å²) in [7, 11) is 3.33. The summed E-state index contributed by atoms with van der Waals surface area (Å²) in [6.07, 6.45) is 0.806. The number of fused-ring (bicyclic) bond motifs is 1. The predicted molar refractivity (Wildman–Crippen MR) is 127 cm³/mol. The Bertz CT molecular complexity index is 1150. The average molecular weight is 507 g/mol. The molecule has 0 aliphatic carbocycles. The van der Waals surface area contributed by atoms with Crippen LogP contribution in [0.1, 0.15) is 26.0 Å². The number of H-pyrrole nitrogens is 1. The van der Waals surface area contributed by atoms with Gasteiger partial charge < -0.3 is 30.1 Å². The van der Waals surface area contributed by atoms with Gasteiger partial charge in [-0.3, -0.25) is 19.3 Å². The number of aliphatic carboxylic acids is 1. The molecule has 2 saturated heterocycles. The molecule has 0 saturated carbocycles. The first-order valence-electron chi connectivity index (χ1n) is 11.4. The van der Waals surface area contributed by atoms with Crippen molar-refractivity contribution in [1.82, 2.24) is 19.7 Å². The van der Waals surface area contributed by atoms with Crippen LogP contribution in [0, 0.1) is 11.8 Å². The number of nitrogens with zero attached hydrogens (tertiary/aromatic N) is 3. The molecule has 0 aromatic carbocycles. The van der Waals surface area contributed by atoms with E-state index in [9.17, 15) is 34.5 Å². The largest absolute Gasteiger partial charge is 0.503 e. The van der Waals surface area contributed by atoms with Gasteiger partial charge in [-0.15, -0.1) is 11.8 Å². The van der Waals surface area contributed by atoms with Crippen molar-refractivity contribution in [1.29, 1.82) is 0 Å². The topological polar surface area (TPSA) is 154 Å². The smallest absolute Gasteiger partial charge is 0.353 e. The Hall–Kier alpha value is -2.83. The minimum atomic E-state index is -1.18. The Morgan fingerprint density at radius 2 is 2.00 bits per heavy atom. The van der Waals surface area contributed by atoms with E-state index in [0.717, 1.165) is 0 Å². The second-order valence-electron chi connectivity index (χ2n) is 9.63. The maximum Gasteiger partial charge on any atom is 0.353 e. The first-order valence-corrected chi connectivity index (χ1v) is 12.3. The van der Waals surface area contributed by atoms with Crippen LogP contribution >= 0.6 is 11.8 Å². The first kappa shape index (κ1) is 25.3. The van der Waals surface area contributed by atoms with Crippen LogP contribution in [0.4, 0.5) is 0 Å². The predicted octanol–water partition coefficient (Wildman–Crippen LogP) is -0.00150. The van der Waals surface area contributed by atoms with Crippen LogP contribution in [0.5, 0.6) is 5.75 Å². The van der Waals surface area contributed by atoms with Crippen molar-refractivity contribution in [3.63, 3.8) is 0 Å². The highest BCUT2D eigenvalue weighted by Crippen LogP contribution is 2.52. The number of thioether (sulfide) groups is 1. The molecule has 4 rings (SSSR count). The van der Waals surface area contributed by atoms with Gasteiger partial charge >= 0.3 is 5.97 Å². The molecule has 1 aromatic heterocycles. The van der Waals surface area contributed by atoms with Gasteiger partial charge in [0.25, 0.3) is 0 Å². The molecule has 6 atom stereocenters. The summed E-state index contributed by atoms with van der Waals surface area (Å²) in [5.74, 6) is -2.94. The molecule has 0 bridgehead atoms. The number of carboxylic acids is 1. The van der Waals surface area contributed by atoms with E-state index in [1.807, 2.05) is 11.8 Å². The number of aromatic hydroxyl groups is 1. The molecule has 35 heavy (non-hydrogen) atoms. The van der Waals surface area contributed by atoms with Gasteiger partial charge in [0.1, 0.15) is 5.70 Å². The Balaban J connectivity index is 1.58. The third-order valence-corrected chi connectivity index (χ3v) is 8.52. The summed E-state index contributed by atoms with van der Waals surface area (Å²) in [4.78, 5) is 57.7. The Morgan fingerprint density at radius 3 is 2.57 bits per heavy atom. The summed E-state index contributed by atoms with van der Waals surface area (Å²) in [5, 5.41) is 29.3. The van der Waals surface area contributed by atoms with E-state index in [1.54, 1.807) is 14.1 Å². The van der Waals surface area contributed by atoms with Gasteiger partial charge in [-0.2, -0.15) is 0 Å². The molecule has 190 valence electrons. The van der Waals surface area contributed by atoms with Crippen molar-refractivity contribution in [3.05, 3.63) is 38.8 Å². The number of carbonyl (C=O) groups is 3. The maximum atomic E-state index is 12.9. The number of hydrogen-bond donors (Lipinski definition) is 4. The van der Waals surface area contributed by atoms with Gasteiger partial charge in [0.2, 0.25) is 17.2 Å². The van der Waals surface area contributed by atoms with Gasteiger partial charge in [-0.05, 0) is 13.3 Å². The molecule has 11 nitrogen and oxygen atoms in total. The molecule has 3 aliphatic rings. The molecule has 0 unspecified atom stereocenters. The lowest BCUT2D eigenvalue weighted by Crippen LogP contribution is -2.63. The van der Waals surface area contributed by atoms with Crippen molar-refractivity contribution in [2.24, 2.45) is 11.8 Å². The number of rotatable bonds is 7. The van der Waals surface area contributed by atoms with Gasteiger partial charge in [0.15, 0.2) is 5.75 Å². The Morgan fingerprint density at radius 1 is 1.31 bits per heavy atom. The second kappa shape index (κ2) is 9.32. The summed E-state index contributed by atoms with van der Waals surface area (Å²) in [5.41, 5.74) is -0.00680. The van der Waals surface area contributed by atoms with Crippen LogP contribution in [0.25, 0.3) is 0 Å². The molecular weight excluding hydrogens is 476 g/mol. The third kappa shape index (κ3) is 4.34. The SMILES string of the molecule is C[C@@H](O)[C@H]1C(=O)N2C(C(=O)O)=C(S[C@H]3C[C@@H](C(=O)N(C)C)N(Cc4cc(=O)c(O)c[nH]4)C3)[C@H](C)[C@H]12. The Kier molecular flexibility index (Phi) is 6.73. The number of aromatic amines is 1. The zero-order chi connectivity index (χ0) is 25.8. The molecular formula is C23H30N4O7S. The molecule has 1 aromatic rings. The summed E-state index contributed by atoms with van der Waals surface area (Å²) in [6, 6.07) is 0.424. The van der Waals surface area contributed by atoms with Crippen LogP contribution in [0.15, 0.2) is 27.7 Å². The van der Waals surface area contributed by atoms with E-state index >= 15 is 0 Å². The van der Waals surface area contributed by atoms with Crippen molar-refractivity contribution >= 4 is 29.5 Å². The first-order chi connectivity index (χ1) is 16.4. The normalized spacial score (nSPS) is 29.2. The van der Waals surface area contributed by atoms with Crippen LogP contribution < -0.4 is 5.43 Å². The van der Waals surface area contributed by atoms with Gasteiger partial charge in [-0.1, -0.05) is 6.92 Å².